The summed E-state index contributed by atoms with van der Waals surface area (Å²) in [5.41, 5.74) is 2.69. The van der Waals surface area contributed by atoms with Crippen LogP contribution in [0.15, 0.2) is 23.7 Å². The number of nitrogens with one attached hydrogen (secondary N) is 1. The van der Waals surface area contributed by atoms with Gasteiger partial charge in [-0.15, -0.1) is 11.3 Å². The molecule has 3 nitrogen and oxygen atoms in total. The minimum Gasteiger partial charge on any atom is -0.312 e. The van der Waals surface area contributed by atoms with Crippen LogP contribution >= 0.6 is 11.3 Å². The van der Waals surface area contributed by atoms with E-state index >= 15 is 0 Å². The fraction of sp³-hybridized carbons (Fsp3) is 0.533. The van der Waals surface area contributed by atoms with Crippen molar-refractivity contribution in [3.8, 4) is 0 Å². The van der Waals surface area contributed by atoms with Gasteiger partial charge in [0.2, 0.25) is 0 Å². The standard InChI is InChI=1S/C15H23N3S/c1-5-13-12(10-18(4)17-13)9-16-11-15(2,3)14-7-6-8-19-14/h6-8,10,16H,5,9,11H2,1-4H3. The Labute approximate surface area is 119 Å². The van der Waals surface area contributed by atoms with E-state index in [0.29, 0.717) is 0 Å². The molecule has 2 aromatic rings. The summed E-state index contributed by atoms with van der Waals surface area (Å²) in [4.78, 5) is 1.43. The minimum atomic E-state index is 0.183. The Morgan fingerprint density at radius 2 is 2.21 bits per heavy atom. The highest BCUT2D eigenvalue weighted by Crippen LogP contribution is 2.26. The SMILES string of the molecule is CCc1nn(C)cc1CNCC(C)(C)c1cccs1. The van der Waals surface area contributed by atoms with E-state index in [2.05, 4.69) is 54.9 Å². The van der Waals surface area contributed by atoms with Crippen molar-refractivity contribution in [1.29, 1.82) is 0 Å². The summed E-state index contributed by atoms with van der Waals surface area (Å²) in [5.74, 6) is 0. The molecule has 0 unspecified atom stereocenters. The third-order valence-corrected chi connectivity index (χ3v) is 4.63. The average molecular weight is 277 g/mol. The lowest BCUT2D eigenvalue weighted by atomic mass is 9.91. The van der Waals surface area contributed by atoms with E-state index in [9.17, 15) is 0 Å². The number of aromatic nitrogens is 2. The van der Waals surface area contributed by atoms with E-state index in [0.717, 1.165) is 19.5 Å². The second kappa shape index (κ2) is 5.88. The van der Waals surface area contributed by atoms with Crippen molar-refractivity contribution in [2.75, 3.05) is 6.54 Å². The van der Waals surface area contributed by atoms with Crippen LogP contribution in [0, 0.1) is 0 Å². The van der Waals surface area contributed by atoms with Crippen molar-refractivity contribution < 1.29 is 0 Å². The summed E-state index contributed by atoms with van der Waals surface area (Å²) in [6.07, 6.45) is 3.11. The maximum absolute atomic E-state index is 4.47. The number of nitrogens with zero attached hydrogens (tertiary/aromatic N) is 2. The summed E-state index contributed by atoms with van der Waals surface area (Å²) in [7, 11) is 1.98. The van der Waals surface area contributed by atoms with Gasteiger partial charge in [0.05, 0.1) is 5.69 Å². The lowest BCUT2D eigenvalue weighted by Crippen LogP contribution is -2.32. The van der Waals surface area contributed by atoms with Crippen molar-refractivity contribution >= 4 is 11.3 Å². The molecule has 0 saturated heterocycles. The summed E-state index contributed by atoms with van der Waals surface area (Å²) < 4.78 is 1.90. The molecule has 2 rings (SSSR count). The monoisotopic (exact) mass is 277 g/mol. The van der Waals surface area contributed by atoms with E-state index in [-0.39, 0.29) is 5.41 Å². The first-order chi connectivity index (χ1) is 9.03. The van der Waals surface area contributed by atoms with Crippen LogP contribution in [0.5, 0.6) is 0 Å². The van der Waals surface area contributed by atoms with Gasteiger partial charge in [-0.05, 0) is 17.9 Å². The van der Waals surface area contributed by atoms with E-state index in [1.165, 1.54) is 16.1 Å². The summed E-state index contributed by atoms with van der Waals surface area (Å²) in [6, 6.07) is 4.34. The van der Waals surface area contributed by atoms with Crippen molar-refractivity contribution in [3.05, 3.63) is 39.8 Å². The maximum Gasteiger partial charge on any atom is 0.0666 e. The molecule has 0 fully saturated rings. The smallest absolute Gasteiger partial charge is 0.0666 e. The number of thiophene rings is 1. The third kappa shape index (κ3) is 3.45. The largest absolute Gasteiger partial charge is 0.312 e. The molecule has 1 N–H and O–H groups in total. The molecule has 104 valence electrons. The summed E-state index contributed by atoms with van der Waals surface area (Å²) >= 11 is 1.83. The molecule has 0 radical (unpaired) electrons. The Morgan fingerprint density at radius 1 is 1.42 bits per heavy atom. The Bertz CT molecular complexity index is 511. The second-order valence-corrected chi connectivity index (χ2v) is 6.54. The number of hydrogen-bond acceptors (Lipinski definition) is 3. The molecule has 0 saturated carbocycles. The molecule has 0 amide bonds. The first kappa shape index (κ1) is 14.3. The zero-order valence-electron chi connectivity index (χ0n) is 12.2. The van der Waals surface area contributed by atoms with Gasteiger partial charge in [-0.25, -0.2) is 0 Å². The minimum absolute atomic E-state index is 0.183. The first-order valence-corrected chi connectivity index (χ1v) is 7.67. The summed E-state index contributed by atoms with van der Waals surface area (Å²) in [6.45, 7) is 8.60. The molecular weight excluding hydrogens is 254 g/mol. The Kier molecular flexibility index (Phi) is 4.42. The van der Waals surface area contributed by atoms with Crippen molar-refractivity contribution in [1.82, 2.24) is 15.1 Å². The van der Waals surface area contributed by atoms with Crippen LogP contribution in [0.2, 0.25) is 0 Å². The van der Waals surface area contributed by atoms with E-state index in [1.54, 1.807) is 0 Å². The zero-order valence-corrected chi connectivity index (χ0v) is 13.0. The lowest BCUT2D eigenvalue weighted by Gasteiger charge is -2.23. The fourth-order valence-electron chi connectivity index (χ4n) is 2.29. The van der Waals surface area contributed by atoms with Gasteiger partial charge in [0, 0.05) is 42.2 Å². The van der Waals surface area contributed by atoms with Gasteiger partial charge in [0.15, 0.2) is 0 Å². The van der Waals surface area contributed by atoms with Gasteiger partial charge < -0.3 is 5.32 Å². The highest BCUT2D eigenvalue weighted by molar-refractivity contribution is 7.10. The highest BCUT2D eigenvalue weighted by atomic mass is 32.1. The fourth-order valence-corrected chi connectivity index (χ4v) is 3.14. The van der Waals surface area contributed by atoms with E-state index in [1.807, 2.05) is 23.1 Å². The van der Waals surface area contributed by atoms with Crippen LogP contribution in [-0.4, -0.2) is 16.3 Å². The zero-order chi connectivity index (χ0) is 13.9. The van der Waals surface area contributed by atoms with Gasteiger partial charge in [-0.3, -0.25) is 4.68 Å². The second-order valence-electron chi connectivity index (χ2n) is 5.59. The predicted molar refractivity (Wildman–Crippen MR) is 81.6 cm³/mol. The maximum atomic E-state index is 4.47. The van der Waals surface area contributed by atoms with Gasteiger partial charge in [-0.2, -0.15) is 5.10 Å². The molecule has 19 heavy (non-hydrogen) atoms. The van der Waals surface area contributed by atoms with Crippen LogP contribution in [-0.2, 0) is 25.4 Å². The lowest BCUT2D eigenvalue weighted by molar-refractivity contribution is 0.476. The molecule has 4 heteroatoms. The van der Waals surface area contributed by atoms with Gasteiger partial charge in [0.25, 0.3) is 0 Å². The highest BCUT2D eigenvalue weighted by Gasteiger charge is 2.21. The van der Waals surface area contributed by atoms with Crippen LogP contribution in [0.25, 0.3) is 0 Å². The van der Waals surface area contributed by atoms with Crippen LogP contribution in [0.1, 0.15) is 36.9 Å². The average Bonchev–Trinajstić information content (AvgIpc) is 2.98. The van der Waals surface area contributed by atoms with E-state index < -0.39 is 0 Å². The summed E-state index contributed by atoms with van der Waals surface area (Å²) in [5, 5.41) is 10.2. The third-order valence-electron chi connectivity index (χ3n) is 3.40. The van der Waals surface area contributed by atoms with Crippen molar-refractivity contribution in [2.45, 2.75) is 39.2 Å². The molecule has 0 aliphatic carbocycles. The molecule has 0 aliphatic rings. The Balaban J connectivity index is 1.93. The van der Waals surface area contributed by atoms with Crippen LogP contribution in [0.4, 0.5) is 0 Å². The van der Waals surface area contributed by atoms with Crippen molar-refractivity contribution in [2.24, 2.45) is 7.05 Å². The first-order valence-electron chi connectivity index (χ1n) is 6.79. The number of hydrogen-bond donors (Lipinski definition) is 1. The molecule has 0 atom stereocenters. The molecule has 0 aromatic carbocycles. The molecular formula is C15H23N3S. The van der Waals surface area contributed by atoms with Gasteiger partial charge >= 0.3 is 0 Å². The topological polar surface area (TPSA) is 29.9 Å². The molecule has 2 heterocycles. The van der Waals surface area contributed by atoms with Gasteiger partial charge in [0.1, 0.15) is 0 Å². The predicted octanol–water partition coefficient (Wildman–Crippen LogP) is 3.11. The molecule has 0 bridgehead atoms. The normalized spacial score (nSPS) is 12.0. The van der Waals surface area contributed by atoms with Crippen LogP contribution < -0.4 is 5.32 Å². The molecule has 0 spiro atoms. The van der Waals surface area contributed by atoms with Crippen LogP contribution in [0.3, 0.4) is 0 Å². The Morgan fingerprint density at radius 3 is 2.84 bits per heavy atom. The number of aryl methyl sites for hydroxylation is 2. The molecule has 0 aliphatic heterocycles. The van der Waals surface area contributed by atoms with Crippen molar-refractivity contribution in [3.63, 3.8) is 0 Å². The molecule has 2 aromatic heterocycles. The van der Waals surface area contributed by atoms with Gasteiger partial charge in [-0.1, -0.05) is 26.8 Å². The Hall–Kier alpha value is -1.13. The van der Waals surface area contributed by atoms with E-state index in [4.69, 9.17) is 0 Å². The quantitative estimate of drug-likeness (QED) is 0.879. The number of rotatable bonds is 6.